The van der Waals surface area contributed by atoms with Gasteiger partial charge in [0.25, 0.3) is 10.0 Å². The second-order valence-corrected chi connectivity index (χ2v) is 7.26. The molecular formula is C15H20N2O3S. The highest BCUT2D eigenvalue weighted by atomic mass is 32.2. The molecule has 0 saturated heterocycles. The van der Waals surface area contributed by atoms with Crippen molar-refractivity contribution in [3.63, 3.8) is 0 Å². The van der Waals surface area contributed by atoms with Crippen LogP contribution in [0.15, 0.2) is 39.8 Å². The Hall–Kier alpha value is -1.79. The topological polar surface area (TPSA) is 62.6 Å². The van der Waals surface area contributed by atoms with Crippen LogP contribution in [0.4, 0.5) is 5.69 Å². The van der Waals surface area contributed by atoms with Crippen molar-refractivity contribution < 1.29 is 12.8 Å². The summed E-state index contributed by atoms with van der Waals surface area (Å²) in [4.78, 5) is 0. The van der Waals surface area contributed by atoms with Crippen molar-refractivity contribution in [2.75, 3.05) is 19.4 Å². The summed E-state index contributed by atoms with van der Waals surface area (Å²) in [6.07, 6.45) is 0. The van der Waals surface area contributed by atoms with Crippen LogP contribution in [-0.4, -0.2) is 26.8 Å². The quantitative estimate of drug-likeness (QED) is 0.922. The number of nitrogens with one attached hydrogen (secondary N) is 1. The van der Waals surface area contributed by atoms with Gasteiger partial charge in [0.15, 0.2) is 0 Å². The number of sulfonamides is 1. The summed E-state index contributed by atoms with van der Waals surface area (Å²) in [5.74, 6) is 0.579. The maximum atomic E-state index is 11.9. The Balaban J connectivity index is 2.10. The third-order valence-corrected chi connectivity index (χ3v) is 4.90. The molecule has 5 nitrogen and oxygen atoms in total. The van der Waals surface area contributed by atoms with E-state index in [2.05, 4.69) is 11.4 Å². The Bertz CT molecular complexity index is 733. The van der Waals surface area contributed by atoms with E-state index in [1.54, 1.807) is 6.07 Å². The molecule has 21 heavy (non-hydrogen) atoms. The molecule has 0 saturated carbocycles. The largest absolute Gasteiger partial charge is 0.446 e. The van der Waals surface area contributed by atoms with E-state index in [-0.39, 0.29) is 5.09 Å². The van der Waals surface area contributed by atoms with Gasteiger partial charge in [0.2, 0.25) is 5.09 Å². The van der Waals surface area contributed by atoms with Gasteiger partial charge in [-0.05, 0) is 37.6 Å². The molecule has 0 aliphatic heterocycles. The van der Waals surface area contributed by atoms with Gasteiger partial charge < -0.3 is 9.73 Å². The van der Waals surface area contributed by atoms with Crippen LogP contribution in [0.5, 0.6) is 0 Å². The fourth-order valence-electron chi connectivity index (χ4n) is 1.97. The van der Waals surface area contributed by atoms with Crippen molar-refractivity contribution in [2.24, 2.45) is 0 Å². The van der Waals surface area contributed by atoms with Crippen LogP contribution in [0.1, 0.15) is 16.9 Å². The van der Waals surface area contributed by atoms with Gasteiger partial charge in [-0.3, -0.25) is 0 Å². The summed E-state index contributed by atoms with van der Waals surface area (Å²) >= 11 is 0. The molecule has 0 spiro atoms. The maximum absolute atomic E-state index is 11.9. The van der Waals surface area contributed by atoms with Gasteiger partial charge in [-0.25, -0.2) is 12.7 Å². The molecule has 1 aromatic heterocycles. The maximum Gasteiger partial charge on any atom is 0.275 e. The zero-order valence-corrected chi connectivity index (χ0v) is 13.5. The number of aryl methyl sites for hydroxylation is 2. The lowest BCUT2D eigenvalue weighted by molar-refractivity contribution is 0.402. The Morgan fingerprint density at radius 1 is 1.14 bits per heavy atom. The van der Waals surface area contributed by atoms with Crippen molar-refractivity contribution in [3.05, 3.63) is 47.2 Å². The van der Waals surface area contributed by atoms with Crippen molar-refractivity contribution in [3.8, 4) is 0 Å². The highest BCUT2D eigenvalue weighted by molar-refractivity contribution is 7.88. The van der Waals surface area contributed by atoms with Crippen molar-refractivity contribution >= 4 is 15.7 Å². The zero-order chi connectivity index (χ0) is 15.6. The Labute approximate surface area is 125 Å². The average Bonchev–Trinajstić information content (AvgIpc) is 2.87. The Morgan fingerprint density at radius 2 is 1.86 bits per heavy atom. The Kier molecular flexibility index (Phi) is 4.39. The SMILES string of the molecule is Cc1ccc(NCc2ccc(S(=O)(=O)N(C)C)o2)c(C)c1. The van der Waals surface area contributed by atoms with Gasteiger partial charge in [0.1, 0.15) is 5.76 Å². The predicted molar refractivity (Wildman–Crippen MR) is 82.8 cm³/mol. The lowest BCUT2D eigenvalue weighted by Gasteiger charge is -2.09. The van der Waals surface area contributed by atoms with Gasteiger partial charge in [-0.1, -0.05) is 17.7 Å². The van der Waals surface area contributed by atoms with E-state index in [1.165, 1.54) is 25.7 Å². The lowest BCUT2D eigenvalue weighted by atomic mass is 10.1. The lowest BCUT2D eigenvalue weighted by Crippen LogP contribution is -2.21. The van der Waals surface area contributed by atoms with Crippen molar-refractivity contribution in [1.82, 2.24) is 4.31 Å². The van der Waals surface area contributed by atoms with Crippen LogP contribution in [-0.2, 0) is 16.6 Å². The van der Waals surface area contributed by atoms with Crippen LogP contribution in [0, 0.1) is 13.8 Å². The highest BCUT2D eigenvalue weighted by Crippen LogP contribution is 2.20. The monoisotopic (exact) mass is 308 g/mol. The van der Waals surface area contributed by atoms with Gasteiger partial charge >= 0.3 is 0 Å². The second-order valence-electron chi connectivity index (χ2n) is 5.18. The fourth-order valence-corrected chi connectivity index (χ4v) is 2.78. The molecule has 0 atom stereocenters. The molecule has 114 valence electrons. The third-order valence-electron chi connectivity index (χ3n) is 3.21. The number of rotatable bonds is 5. The minimum absolute atomic E-state index is 0.0371. The van der Waals surface area contributed by atoms with E-state index in [0.717, 1.165) is 15.6 Å². The highest BCUT2D eigenvalue weighted by Gasteiger charge is 2.21. The van der Waals surface area contributed by atoms with Crippen molar-refractivity contribution in [2.45, 2.75) is 25.5 Å². The van der Waals surface area contributed by atoms with Gasteiger partial charge in [0.05, 0.1) is 6.54 Å². The number of hydrogen-bond donors (Lipinski definition) is 1. The number of benzene rings is 1. The first-order valence-corrected chi connectivity index (χ1v) is 8.07. The molecule has 0 amide bonds. The summed E-state index contributed by atoms with van der Waals surface area (Å²) in [7, 11) is -0.559. The molecule has 1 heterocycles. The van der Waals surface area contributed by atoms with E-state index in [4.69, 9.17) is 4.42 Å². The molecule has 0 radical (unpaired) electrons. The molecule has 2 rings (SSSR count). The van der Waals surface area contributed by atoms with E-state index in [9.17, 15) is 8.42 Å². The van der Waals surface area contributed by atoms with E-state index in [1.807, 2.05) is 26.0 Å². The molecule has 0 bridgehead atoms. The predicted octanol–water partition coefficient (Wildman–Crippen LogP) is 2.76. The number of nitrogens with zero attached hydrogens (tertiary/aromatic N) is 1. The summed E-state index contributed by atoms with van der Waals surface area (Å²) in [5.41, 5.74) is 3.35. The second kappa shape index (κ2) is 5.91. The molecule has 1 aromatic carbocycles. The minimum atomic E-state index is -3.51. The molecule has 0 unspecified atom stereocenters. The summed E-state index contributed by atoms with van der Waals surface area (Å²) in [6.45, 7) is 4.51. The molecule has 1 N–H and O–H groups in total. The van der Waals surface area contributed by atoms with E-state index < -0.39 is 10.0 Å². The molecule has 0 fully saturated rings. The first-order valence-electron chi connectivity index (χ1n) is 6.63. The number of furan rings is 1. The minimum Gasteiger partial charge on any atom is -0.446 e. The first kappa shape index (κ1) is 15.6. The zero-order valence-electron chi connectivity index (χ0n) is 12.7. The van der Waals surface area contributed by atoms with E-state index in [0.29, 0.717) is 12.3 Å². The molecule has 2 aromatic rings. The van der Waals surface area contributed by atoms with Crippen LogP contribution in [0.2, 0.25) is 0 Å². The third kappa shape index (κ3) is 3.46. The molecule has 0 aliphatic rings. The fraction of sp³-hybridized carbons (Fsp3) is 0.333. The summed E-state index contributed by atoms with van der Waals surface area (Å²) < 4.78 is 30.4. The molecule has 0 aliphatic carbocycles. The van der Waals surface area contributed by atoms with Crippen LogP contribution in [0.25, 0.3) is 0 Å². The summed E-state index contributed by atoms with van der Waals surface area (Å²) in [6, 6.07) is 9.28. The summed E-state index contributed by atoms with van der Waals surface area (Å²) in [5, 5.41) is 3.21. The standard InChI is InChI=1S/C15H20N2O3S/c1-11-5-7-14(12(2)9-11)16-10-13-6-8-15(20-13)21(18,19)17(3)4/h5-9,16H,10H2,1-4H3. The average molecular weight is 308 g/mol. The van der Waals surface area contributed by atoms with Gasteiger partial charge in [-0.2, -0.15) is 0 Å². The Morgan fingerprint density at radius 3 is 2.48 bits per heavy atom. The smallest absolute Gasteiger partial charge is 0.275 e. The van der Waals surface area contributed by atoms with Gasteiger partial charge in [0, 0.05) is 19.8 Å². The van der Waals surface area contributed by atoms with Crippen molar-refractivity contribution in [1.29, 1.82) is 0 Å². The van der Waals surface area contributed by atoms with Crippen LogP contribution < -0.4 is 5.32 Å². The van der Waals surface area contributed by atoms with Crippen LogP contribution in [0.3, 0.4) is 0 Å². The van der Waals surface area contributed by atoms with Gasteiger partial charge in [-0.15, -0.1) is 0 Å². The van der Waals surface area contributed by atoms with E-state index >= 15 is 0 Å². The molecule has 6 heteroatoms. The number of hydrogen-bond acceptors (Lipinski definition) is 4. The number of anilines is 1. The normalized spacial score (nSPS) is 11.9. The molecular weight excluding hydrogens is 288 g/mol. The first-order chi connectivity index (χ1) is 9.80. The van der Waals surface area contributed by atoms with Crippen LogP contribution >= 0.6 is 0 Å².